The molecule has 0 spiro atoms. The third-order valence-corrected chi connectivity index (χ3v) is 3.07. The maximum Gasteiger partial charge on any atom is 0.149 e. The van der Waals surface area contributed by atoms with Crippen molar-refractivity contribution in [1.82, 2.24) is 4.98 Å². The van der Waals surface area contributed by atoms with Gasteiger partial charge >= 0.3 is 0 Å². The lowest BCUT2D eigenvalue weighted by atomic mass is 10.2. The molecule has 1 aliphatic heterocycles. The van der Waals surface area contributed by atoms with Gasteiger partial charge in [0.05, 0.1) is 5.52 Å². The summed E-state index contributed by atoms with van der Waals surface area (Å²) >= 11 is 0. The molecule has 0 atom stereocenters. The van der Waals surface area contributed by atoms with Gasteiger partial charge in [0.1, 0.15) is 5.82 Å². The minimum atomic E-state index is -0.153. The van der Waals surface area contributed by atoms with Gasteiger partial charge in [0.25, 0.3) is 0 Å². The second-order valence-electron chi connectivity index (χ2n) is 4.06. The van der Waals surface area contributed by atoms with Crippen LogP contribution in [0.25, 0.3) is 10.9 Å². The molecular formula is C12H13FN2. The lowest BCUT2D eigenvalue weighted by molar-refractivity contribution is 0.637. The standard InChI is InChI=1S/C12H13FN2/c13-11-8-10(15-5-1-2-6-15)7-9-3-4-14-12(9)11/h3-4,7-8,14H,1-2,5-6H2. The molecule has 0 bridgehead atoms. The molecule has 0 amide bonds. The van der Waals surface area contributed by atoms with E-state index >= 15 is 0 Å². The number of hydrogen-bond donors (Lipinski definition) is 1. The minimum Gasteiger partial charge on any atom is -0.371 e. The number of halogens is 1. The molecule has 78 valence electrons. The summed E-state index contributed by atoms with van der Waals surface area (Å²) in [7, 11) is 0. The molecule has 0 saturated carbocycles. The second kappa shape index (κ2) is 3.26. The molecule has 0 aliphatic carbocycles. The van der Waals surface area contributed by atoms with Crippen molar-refractivity contribution in [3.8, 4) is 0 Å². The van der Waals surface area contributed by atoms with E-state index < -0.39 is 0 Å². The van der Waals surface area contributed by atoms with Gasteiger partial charge in [-0.15, -0.1) is 0 Å². The largest absolute Gasteiger partial charge is 0.371 e. The molecule has 1 fully saturated rings. The highest BCUT2D eigenvalue weighted by atomic mass is 19.1. The third kappa shape index (κ3) is 1.39. The molecule has 1 N–H and O–H groups in total. The molecule has 1 aliphatic rings. The van der Waals surface area contributed by atoms with E-state index in [1.165, 1.54) is 12.8 Å². The molecule has 1 aromatic carbocycles. The van der Waals surface area contributed by atoms with Crippen molar-refractivity contribution in [3.63, 3.8) is 0 Å². The summed E-state index contributed by atoms with van der Waals surface area (Å²) in [5, 5.41) is 0.955. The van der Waals surface area contributed by atoms with E-state index in [0.717, 1.165) is 24.2 Å². The van der Waals surface area contributed by atoms with Crippen LogP contribution in [0.15, 0.2) is 24.4 Å². The smallest absolute Gasteiger partial charge is 0.149 e. The predicted octanol–water partition coefficient (Wildman–Crippen LogP) is 2.91. The Balaban J connectivity index is 2.11. The Bertz CT molecular complexity index is 483. The average molecular weight is 204 g/mol. The molecule has 0 radical (unpaired) electrons. The van der Waals surface area contributed by atoms with Gasteiger partial charge in [0.15, 0.2) is 0 Å². The Labute approximate surface area is 87.7 Å². The number of hydrogen-bond acceptors (Lipinski definition) is 1. The predicted molar refractivity (Wildman–Crippen MR) is 59.7 cm³/mol. The van der Waals surface area contributed by atoms with Crippen molar-refractivity contribution in [2.75, 3.05) is 18.0 Å². The Morgan fingerprint density at radius 1 is 1.20 bits per heavy atom. The van der Waals surface area contributed by atoms with Crippen LogP contribution >= 0.6 is 0 Å². The molecule has 2 heterocycles. The van der Waals surface area contributed by atoms with Gasteiger partial charge in [0.2, 0.25) is 0 Å². The van der Waals surface area contributed by atoms with E-state index in [1.807, 2.05) is 6.07 Å². The fourth-order valence-corrected chi connectivity index (χ4v) is 2.27. The number of H-pyrrole nitrogens is 1. The van der Waals surface area contributed by atoms with E-state index in [1.54, 1.807) is 12.3 Å². The average Bonchev–Trinajstić information content (AvgIpc) is 2.88. The lowest BCUT2D eigenvalue weighted by Crippen LogP contribution is -2.17. The fourth-order valence-electron chi connectivity index (χ4n) is 2.27. The Morgan fingerprint density at radius 2 is 2.00 bits per heavy atom. The molecule has 3 rings (SSSR count). The number of aromatic nitrogens is 1. The highest BCUT2D eigenvalue weighted by Gasteiger charge is 2.14. The van der Waals surface area contributed by atoms with Crippen molar-refractivity contribution in [2.24, 2.45) is 0 Å². The molecule has 3 heteroatoms. The van der Waals surface area contributed by atoms with Crippen LogP contribution in [0.5, 0.6) is 0 Å². The van der Waals surface area contributed by atoms with Crippen molar-refractivity contribution in [1.29, 1.82) is 0 Å². The summed E-state index contributed by atoms with van der Waals surface area (Å²) in [6, 6.07) is 5.60. The Hall–Kier alpha value is -1.51. The van der Waals surface area contributed by atoms with Gasteiger partial charge in [-0.3, -0.25) is 0 Å². The summed E-state index contributed by atoms with van der Waals surface area (Å²) in [4.78, 5) is 5.16. The zero-order valence-corrected chi connectivity index (χ0v) is 8.46. The molecule has 15 heavy (non-hydrogen) atoms. The molecule has 2 aromatic rings. The molecule has 0 unspecified atom stereocenters. The number of fused-ring (bicyclic) bond motifs is 1. The highest BCUT2D eigenvalue weighted by Crippen LogP contribution is 2.26. The zero-order valence-electron chi connectivity index (χ0n) is 8.46. The van der Waals surface area contributed by atoms with Crippen molar-refractivity contribution >= 4 is 16.6 Å². The van der Waals surface area contributed by atoms with Crippen LogP contribution in [-0.2, 0) is 0 Å². The number of nitrogens with one attached hydrogen (secondary N) is 1. The first-order valence-corrected chi connectivity index (χ1v) is 5.36. The van der Waals surface area contributed by atoms with Crippen LogP contribution < -0.4 is 4.90 Å². The van der Waals surface area contributed by atoms with Gasteiger partial charge in [-0.05, 0) is 31.0 Å². The van der Waals surface area contributed by atoms with Gasteiger partial charge in [0, 0.05) is 30.4 Å². The van der Waals surface area contributed by atoms with Crippen LogP contribution in [0.4, 0.5) is 10.1 Å². The highest BCUT2D eigenvalue weighted by molar-refractivity contribution is 5.83. The first kappa shape index (κ1) is 8.77. The SMILES string of the molecule is Fc1cc(N2CCCC2)cc2cc[nH]c12. The lowest BCUT2D eigenvalue weighted by Gasteiger charge is -2.17. The van der Waals surface area contributed by atoms with E-state index in [-0.39, 0.29) is 5.82 Å². The molecule has 1 aromatic heterocycles. The van der Waals surface area contributed by atoms with Crippen LogP contribution in [0, 0.1) is 5.82 Å². The molecule has 1 saturated heterocycles. The Morgan fingerprint density at radius 3 is 2.80 bits per heavy atom. The normalized spacial score (nSPS) is 16.5. The number of anilines is 1. The number of nitrogens with zero attached hydrogens (tertiary/aromatic N) is 1. The first-order valence-electron chi connectivity index (χ1n) is 5.36. The summed E-state index contributed by atoms with van der Waals surface area (Å²) in [5.41, 5.74) is 1.62. The van der Waals surface area contributed by atoms with E-state index in [0.29, 0.717) is 5.52 Å². The minimum absolute atomic E-state index is 0.153. The van der Waals surface area contributed by atoms with Crippen molar-refractivity contribution in [2.45, 2.75) is 12.8 Å². The van der Waals surface area contributed by atoms with Crippen molar-refractivity contribution in [3.05, 3.63) is 30.2 Å². The fraction of sp³-hybridized carbons (Fsp3) is 0.333. The number of rotatable bonds is 1. The van der Waals surface area contributed by atoms with Crippen LogP contribution in [0.3, 0.4) is 0 Å². The summed E-state index contributed by atoms with van der Waals surface area (Å²) in [6.07, 6.45) is 4.21. The van der Waals surface area contributed by atoms with Crippen LogP contribution in [0.2, 0.25) is 0 Å². The summed E-state index contributed by atoms with van der Waals surface area (Å²) in [6.45, 7) is 2.10. The summed E-state index contributed by atoms with van der Waals surface area (Å²) < 4.78 is 13.7. The van der Waals surface area contributed by atoms with Crippen molar-refractivity contribution < 1.29 is 4.39 Å². The maximum atomic E-state index is 13.7. The van der Waals surface area contributed by atoms with Gasteiger partial charge in [-0.2, -0.15) is 0 Å². The third-order valence-electron chi connectivity index (χ3n) is 3.07. The van der Waals surface area contributed by atoms with Crippen LogP contribution in [0.1, 0.15) is 12.8 Å². The van der Waals surface area contributed by atoms with E-state index in [4.69, 9.17) is 0 Å². The zero-order chi connectivity index (χ0) is 10.3. The topological polar surface area (TPSA) is 19.0 Å². The quantitative estimate of drug-likeness (QED) is 0.756. The van der Waals surface area contributed by atoms with E-state index in [2.05, 4.69) is 16.0 Å². The second-order valence-corrected chi connectivity index (χ2v) is 4.06. The number of benzene rings is 1. The Kier molecular flexibility index (Phi) is 1.91. The van der Waals surface area contributed by atoms with Gasteiger partial charge < -0.3 is 9.88 Å². The molecule has 2 nitrogen and oxygen atoms in total. The van der Waals surface area contributed by atoms with Gasteiger partial charge in [-0.25, -0.2) is 4.39 Å². The van der Waals surface area contributed by atoms with Gasteiger partial charge in [-0.1, -0.05) is 0 Å². The monoisotopic (exact) mass is 204 g/mol. The van der Waals surface area contributed by atoms with Crippen LogP contribution in [-0.4, -0.2) is 18.1 Å². The first-order chi connectivity index (χ1) is 7.34. The molecular weight excluding hydrogens is 191 g/mol. The maximum absolute atomic E-state index is 13.7. The number of aromatic amines is 1. The van der Waals surface area contributed by atoms with E-state index in [9.17, 15) is 4.39 Å². The summed E-state index contributed by atoms with van der Waals surface area (Å²) in [5.74, 6) is -0.153.